The summed E-state index contributed by atoms with van der Waals surface area (Å²) in [6, 6.07) is 2.51. The SMILES string of the molecule is CCOC(=O)c1cc(-c2cnccc2F)on1. The van der Waals surface area contributed by atoms with E-state index in [1.54, 1.807) is 6.92 Å². The van der Waals surface area contributed by atoms with Crippen LogP contribution >= 0.6 is 0 Å². The first-order chi connectivity index (χ1) is 8.22. The van der Waals surface area contributed by atoms with Gasteiger partial charge in [0, 0.05) is 18.5 Å². The molecule has 6 heteroatoms. The highest BCUT2D eigenvalue weighted by molar-refractivity contribution is 5.88. The quantitative estimate of drug-likeness (QED) is 0.763. The first-order valence-corrected chi connectivity index (χ1v) is 4.96. The predicted octanol–water partition coefficient (Wildman–Crippen LogP) is 2.05. The van der Waals surface area contributed by atoms with Gasteiger partial charge >= 0.3 is 5.97 Å². The summed E-state index contributed by atoms with van der Waals surface area (Å²) in [5.74, 6) is -0.961. The summed E-state index contributed by atoms with van der Waals surface area (Å²) < 4.78 is 23.0. The van der Waals surface area contributed by atoms with Crippen LogP contribution in [0.4, 0.5) is 4.39 Å². The first kappa shape index (κ1) is 11.3. The van der Waals surface area contributed by atoms with Crippen LogP contribution in [0.2, 0.25) is 0 Å². The number of carbonyl (C=O) groups excluding carboxylic acids is 1. The third-order valence-electron chi connectivity index (χ3n) is 2.03. The van der Waals surface area contributed by atoms with Gasteiger partial charge in [-0.2, -0.15) is 0 Å². The number of nitrogens with zero attached hydrogens (tertiary/aromatic N) is 2. The average molecular weight is 236 g/mol. The summed E-state index contributed by atoms with van der Waals surface area (Å²) in [4.78, 5) is 15.1. The Hall–Kier alpha value is -2.24. The van der Waals surface area contributed by atoms with Gasteiger partial charge in [0.2, 0.25) is 0 Å². The highest BCUT2D eigenvalue weighted by atomic mass is 19.1. The zero-order chi connectivity index (χ0) is 12.3. The van der Waals surface area contributed by atoms with Crippen LogP contribution in [-0.2, 0) is 4.74 Å². The second-order valence-corrected chi connectivity index (χ2v) is 3.15. The molecule has 0 atom stereocenters. The summed E-state index contributed by atoms with van der Waals surface area (Å²) in [5.41, 5.74) is 0.153. The van der Waals surface area contributed by atoms with Gasteiger partial charge in [-0.05, 0) is 13.0 Å². The lowest BCUT2D eigenvalue weighted by molar-refractivity contribution is 0.0514. The normalized spacial score (nSPS) is 10.2. The fourth-order valence-electron chi connectivity index (χ4n) is 1.26. The molecular weight excluding hydrogens is 227 g/mol. The van der Waals surface area contributed by atoms with Gasteiger partial charge in [0.05, 0.1) is 12.2 Å². The standard InChI is InChI=1S/C11H9FN2O3/c1-2-16-11(15)9-5-10(17-14-9)7-6-13-4-3-8(7)12/h3-6H,2H2,1H3. The number of hydrogen-bond acceptors (Lipinski definition) is 5. The van der Waals surface area contributed by atoms with E-state index in [-0.39, 0.29) is 23.6 Å². The van der Waals surface area contributed by atoms with Crippen LogP contribution < -0.4 is 0 Å². The average Bonchev–Trinajstić information content (AvgIpc) is 2.79. The smallest absolute Gasteiger partial charge is 0.360 e. The Labute approximate surface area is 96.2 Å². The molecule has 0 spiro atoms. The van der Waals surface area contributed by atoms with Crippen LogP contribution in [0.25, 0.3) is 11.3 Å². The highest BCUT2D eigenvalue weighted by Crippen LogP contribution is 2.22. The Balaban J connectivity index is 2.30. The van der Waals surface area contributed by atoms with E-state index in [0.717, 1.165) is 0 Å². The molecule has 0 aliphatic heterocycles. The fraction of sp³-hybridized carbons (Fsp3) is 0.182. The zero-order valence-electron chi connectivity index (χ0n) is 9.01. The van der Waals surface area contributed by atoms with Crippen LogP contribution in [-0.4, -0.2) is 22.7 Å². The number of pyridine rings is 1. The molecule has 0 bridgehead atoms. The van der Waals surface area contributed by atoms with Crippen molar-refractivity contribution in [1.29, 1.82) is 0 Å². The number of carbonyl (C=O) groups is 1. The lowest BCUT2D eigenvalue weighted by Crippen LogP contribution is -2.04. The zero-order valence-corrected chi connectivity index (χ0v) is 9.01. The molecule has 2 rings (SSSR count). The van der Waals surface area contributed by atoms with Crippen LogP contribution in [0.5, 0.6) is 0 Å². The lowest BCUT2D eigenvalue weighted by atomic mass is 10.2. The molecule has 5 nitrogen and oxygen atoms in total. The van der Waals surface area contributed by atoms with Crippen molar-refractivity contribution in [3.63, 3.8) is 0 Å². The molecule has 2 aromatic rings. The van der Waals surface area contributed by atoms with Crippen molar-refractivity contribution in [3.8, 4) is 11.3 Å². The molecule has 0 saturated heterocycles. The van der Waals surface area contributed by atoms with Crippen molar-refractivity contribution >= 4 is 5.97 Å². The van der Waals surface area contributed by atoms with Crippen LogP contribution in [0.3, 0.4) is 0 Å². The Morgan fingerprint density at radius 1 is 1.59 bits per heavy atom. The van der Waals surface area contributed by atoms with E-state index in [4.69, 9.17) is 9.26 Å². The molecule has 0 unspecified atom stereocenters. The molecular formula is C11H9FN2O3. The van der Waals surface area contributed by atoms with Crippen molar-refractivity contribution < 1.29 is 18.4 Å². The van der Waals surface area contributed by atoms with Crippen molar-refractivity contribution in [2.45, 2.75) is 6.92 Å². The molecule has 0 fully saturated rings. The van der Waals surface area contributed by atoms with Crippen LogP contribution in [0.15, 0.2) is 29.0 Å². The molecule has 0 aliphatic rings. The number of halogens is 1. The maximum absolute atomic E-state index is 13.4. The second-order valence-electron chi connectivity index (χ2n) is 3.15. The summed E-state index contributed by atoms with van der Waals surface area (Å²) in [6.07, 6.45) is 2.62. The van der Waals surface area contributed by atoms with Gasteiger partial charge in [-0.3, -0.25) is 4.98 Å². The monoisotopic (exact) mass is 236 g/mol. The number of aromatic nitrogens is 2. The summed E-state index contributed by atoms with van der Waals surface area (Å²) in [5, 5.41) is 3.51. The second kappa shape index (κ2) is 4.73. The lowest BCUT2D eigenvalue weighted by Gasteiger charge is -1.95. The molecule has 0 aliphatic carbocycles. The first-order valence-electron chi connectivity index (χ1n) is 4.96. The minimum absolute atomic E-state index is 0.00473. The number of esters is 1. The van der Waals surface area contributed by atoms with Crippen molar-refractivity contribution in [2.24, 2.45) is 0 Å². The summed E-state index contributed by atoms with van der Waals surface area (Å²) in [7, 11) is 0. The van der Waals surface area contributed by atoms with E-state index in [1.165, 1.54) is 24.5 Å². The molecule has 2 heterocycles. The largest absolute Gasteiger partial charge is 0.461 e. The topological polar surface area (TPSA) is 65.2 Å². The molecule has 0 saturated carbocycles. The maximum atomic E-state index is 13.4. The Bertz CT molecular complexity index is 539. The number of hydrogen-bond donors (Lipinski definition) is 0. The van der Waals surface area contributed by atoms with Gasteiger partial charge in [-0.25, -0.2) is 9.18 Å². The molecule has 17 heavy (non-hydrogen) atoms. The maximum Gasteiger partial charge on any atom is 0.360 e. The van der Waals surface area contributed by atoms with Crippen LogP contribution in [0.1, 0.15) is 17.4 Å². The van der Waals surface area contributed by atoms with Crippen molar-refractivity contribution in [2.75, 3.05) is 6.61 Å². The summed E-state index contributed by atoms with van der Waals surface area (Å²) >= 11 is 0. The number of ether oxygens (including phenoxy) is 1. The van der Waals surface area contributed by atoms with E-state index in [1.807, 2.05) is 0 Å². The Morgan fingerprint density at radius 3 is 3.12 bits per heavy atom. The van der Waals surface area contributed by atoms with Crippen LogP contribution in [0, 0.1) is 5.82 Å². The van der Waals surface area contributed by atoms with E-state index in [2.05, 4.69) is 10.1 Å². The molecule has 0 N–H and O–H groups in total. The van der Waals surface area contributed by atoms with Gasteiger partial charge < -0.3 is 9.26 Å². The van der Waals surface area contributed by atoms with Gasteiger partial charge in [0.25, 0.3) is 0 Å². The highest BCUT2D eigenvalue weighted by Gasteiger charge is 2.16. The molecule has 0 aromatic carbocycles. The van der Waals surface area contributed by atoms with Gasteiger partial charge in [0.1, 0.15) is 5.82 Å². The third-order valence-corrected chi connectivity index (χ3v) is 2.03. The van der Waals surface area contributed by atoms with Gasteiger partial charge in [-0.15, -0.1) is 0 Å². The van der Waals surface area contributed by atoms with E-state index >= 15 is 0 Å². The number of rotatable bonds is 3. The summed E-state index contributed by atoms with van der Waals surface area (Å²) in [6.45, 7) is 1.92. The molecule has 0 radical (unpaired) electrons. The van der Waals surface area contributed by atoms with E-state index in [9.17, 15) is 9.18 Å². The minimum atomic E-state index is -0.605. The molecule has 0 amide bonds. The fourth-order valence-corrected chi connectivity index (χ4v) is 1.26. The van der Waals surface area contributed by atoms with Gasteiger partial charge in [0.15, 0.2) is 11.5 Å². The van der Waals surface area contributed by atoms with Gasteiger partial charge in [-0.1, -0.05) is 5.16 Å². The molecule has 88 valence electrons. The van der Waals surface area contributed by atoms with E-state index in [0.29, 0.717) is 0 Å². The molecule has 2 aromatic heterocycles. The van der Waals surface area contributed by atoms with Crippen molar-refractivity contribution in [3.05, 3.63) is 36.0 Å². The van der Waals surface area contributed by atoms with Crippen molar-refractivity contribution in [1.82, 2.24) is 10.1 Å². The Kier molecular flexibility index (Phi) is 3.13. The van der Waals surface area contributed by atoms with E-state index < -0.39 is 11.8 Å². The predicted molar refractivity (Wildman–Crippen MR) is 55.6 cm³/mol. The third kappa shape index (κ3) is 2.30. The minimum Gasteiger partial charge on any atom is -0.461 e. The Morgan fingerprint density at radius 2 is 2.41 bits per heavy atom.